The van der Waals surface area contributed by atoms with E-state index < -0.39 is 17.6 Å². The number of carbonyl (C=O) groups excluding carboxylic acids is 3. The van der Waals surface area contributed by atoms with E-state index in [1.807, 2.05) is 117 Å². The number of nitrogens with one attached hydrogen (secondary N) is 3. The van der Waals surface area contributed by atoms with E-state index in [9.17, 15) is 37.8 Å². The fourth-order valence-electron chi connectivity index (χ4n) is 10.8. The van der Waals surface area contributed by atoms with Gasteiger partial charge in [0.2, 0.25) is 35.6 Å². The number of carbonyl (C=O) groups is 3. The van der Waals surface area contributed by atoms with Crippen LogP contribution in [0.5, 0.6) is 5.75 Å². The molecule has 9 aromatic rings. The Labute approximate surface area is 511 Å². The van der Waals surface area contributed by atoms with Crippen LogP contribution in [-0.2, 0) is 36.7 Å². The first-order chi connectivity index (χ1) is 40.8. The van der Waals surface area contributed by atoms with Gasteiger partial charge in [0.25, 0.3) is 0 Å². The number of pyridine rings is 3. The number of ether oxygens (including phenoxy) is 1. The van der Waals surface area contributed by atoms with Crippen LogP contribution in [0.2, 0.25) is 10.3 Å². The quantitative estimate of drug-likeness (QED) is 0.0641. The van der Waals surface area contributed by atoms with Crippen LogP contribution in [0.4, 0.5) is 31.0 Å². The molecule has 0 aliphatic heterocycles. The number of amides is 3. The molecule has 0 saturated heterocycles. The number of alkyl halides is 3. The summed E-state index contributed by atoms with van der Waals surface area (Å²) >= 11 is 12.5. The number of aliphatic hydroxyl groups is 2. The van der Waals surface area contributed by atoms with Crippen LogP contribution in [0.15, 0.2) is 109 Å². The first kappa shape index (κ1) is 63.5. The van der Waals surface area contributed by atoms with Crippen LogP contribution in [0, 0.1) is 26.2 Å². The van der Waals surface area contributed by atoms with E-state index in [0.717, 1.165) is 49.7 Å². The van der Waals surface area contributed by atoms with Crippen molar-refractivity contribution in [3.05, 3.63) is 147 Å². The van der Waals surface area contributed by atoms with Crippen molar-refractivity contribution < 1.29 is 42.5 Å². The standard InChI is InChI=1S/2C22H25ClN4O2.C20H21F3N4O2/c2*1-14-12-16-19(26-18(14)23)27(21(2)10-7-11-21)20(24-16)25-17(28)13-22(3,29)15-8-5-4-6-9-15;1-12-8-9-15-17(24-12)27(18(25-15)26-16(28)11-19(2,3)4)13-6-5-7-14(10-13)29-20(21,22)23/h2*4-6,8-9,12,29H,7,10-11,13H2,1-3H3,(H,24,25,28);5-10H,11H2,1-4H3,(H,25,26,28)/t2*22-;/m10./s1. The van der Waals surface area contributed by atoms with Gasteiger partial charge < -0.3 is 14.9 Å². The molecule has 0 bridgehead atoms. The molecule has 0 radical (unpaired) electrons. The Kier molecular flexibility index (Phi) is 18.0. The summed E-state index contributed by atoms with van der Waals surface area (Å²) in [6.07, 6.45) is 1.44. The highest BCUT2D eigenvalue weighted by Gasteiger charge is 2.40. The number of aromatic nitrogens is 9. The molecule has 2 aliphatic carbocycles. The SMILES string of the molecule is Cc1cc2nc(NC(=O)C[C@@](C)(O)c3ccccc3)n(C3(C)CCC3)c2nc1Cl.Cc1cc2nc(NC(=O)C[C@](C)(O)c3ccccc3)n(C3(C)CCC3)c2nc1Cl.Cc1ccc2nc(NC(=O)CC(C)(C)C)n(-c3cccc(OC(F)(F)F)c3)c2n1. The molecule has 458 valence electrons. The molecule has 87 heavy (non-hydrogen) atoms. The highest BCUT2D eigenvalue weighted by Crippen LogP contribution is 2.45. The summed E-state index contributed by atoms with van der Waals surface area (Å²) in [7, 11) is 0. The molecule has 6 aromatic heterocycles. The van der Waals surface area contributed by atoms with Gasteiger partial charge >= 0.3 is 6.36 Å². The zero-order valence-electron chi connectivity index (χ0n) is 50.2. The normalized spacial score (nSPS) is 15.8. The zero-order valence-corrected chi connectivity index (χ0v) is 51.7. The Morgan fingerprint density at radius 2 is 0.989 bits per heavy atom. The number of fused-ring (bicyclic) bond motifs is 3. The van der Waals surface area contributed by atoms with Crippen molar-refractivity contribution >= 4 is 92.3 Å². The highest BCUT2D eigenvalue weighted by atomic mass is 35.5. The molecule has 2 fully saturated rings. The Hall–Kier alpha value is -7.98. The van der Waals surface area contributed by atoms with Gasteiger partial charge in [-0.1, -0.05) is 111 Å². The number of aryl methyl sites for hydroxylation is 3. The number of anilines is 3. The molecule has 3 aromatic carbocycles. The molecule has 0 spiro atoms. The van der Waals surface area contributed by atoms with E-state index in [-0.39, 0.29) is 65.2 Å². The smallest absolute Gasteiger partial charge is 0.406 e. The third-order valence-electron chi connectivity index (χ3n) is 15.7. The molecule has 3 amide bonds. The third-order valence-corrected chi connectivity index (χ3v) is 16.4. The van der Waals surface area contributed by atoms with Gasteiger partial charge in [0.1, 0.15) is 32.6 Å². The Morgan fingerprint density at radius 1 is 0.552 bits per heavy atom. The molecule has 2 aliphatic rings. The van der Waals surface area contributed by atoms with Gasteiger partial charge in [-0.15, -0.1) is 13.2 Å². The summed E-state index contributed by atoms with van der Waals surface area (Å²) in [6.45, 7) is 18.9. The minimum absolute atomic E-state index is 0.0792. The number of hydrogen-bond donors (Lipinski definition) is 5. The molecule has 6 heterocycles. The molecule has 5 N–H and O–H groups in total. The van der Waals surface area contributed by atoms with Gasteiger partial charge in [-0.25, -0.2) is 29.9 Å². The summed E-state index contributed by atoms with van der Waals surface area (Å²) in [5.41, 5.74) is 4.65. The van der Waals surface area contributed by atoms with Crippen LogP contribution < -0.4 is 20.7 Å². The first-order valence-electron chi connectivity index (χ1n) is 28.6. The lowest BCUT2D eigenvalue weighted by Gasteiger charge is -2.40. The van der Waals surface area contributed by atoms with Gasteiger partial charge in [-0.2, -0.15) is 0 Å². The summed E-state index contributed by atoms with van der Waals surface area (Å²) in [4.78, 5) is 65.3. The molecule has 18 nitrogen and oxygen atoms in total. The lowest BCUT2D eigenvalue weighted by molar-refractivity contribution is -0.274. The van der Waals surface area contributed by atoms with Crippen molar-refractivity contribution in [2.75, 3.05) is 16.0 Å². The van der Waals surface area contributed by atoms with E-state index >= 15 is 0 Å². The number of imidazole rings is 3. The Morgan fingerprint density at radius 3 is 1.41 bits per heavy atom. The maximum absolute atomic E-state index is 12.8. The van der Waals surface area contributed by atoms with Crippen LogP contribution >= 0.6 is 23.2 Å². The van der Waals surface area contributed by atoms with Gasteiger partial charge in [0, 0.05) is 29.3 Å². The molecular formula is C64H71Cl2F3N12O6. The summed E-state index contributed by atoms with van der Waals surface area (Å²) in [5, 5.41) is 31.1. The Bertz CT molecular complexity index is 3850. The number of benzene rings is 3. The van der Waals surface area contributed by atoms with Crippen molar-refractivity contribution in [1.29, 1.82) is 0 Å². The summed E-state index contributed by atoms with van der Waals surface area (Å²) in [5.74, 6) is -0.167. The molecule has 2 atom stereocenters. The monoisotopic (exact) mass is 1230 g/mol. The van der Waals surface area contributed by atoms with Crippen molar-refractivity contribution in [3.8, 4) is 11.4 Å². The van der Waals surface area contributed by atoms with Gasteiger partial charge in [-0.05, 0) is 151 Å². The van der Waals surface area contributed by atoms with E-state index in [4.69, 9.17) is 23.2 Å². The minimum atomic E-state index is -4.81. The molecule has 11 rings (SSSR count). The zero-order chi connectivity index (χ0) is 63.0. The maximum Gasteiger partial charge on any atom is 0.573 e. The lowest BCUT2D eigenvalue weighted by Crippen LogP contribution is -2.39. The summed E-state index contributed by atoms with van der Waals surface area (Å²) < 4.78 is 47.4. The fraction of sp³-hybridized carbons (Fsp3) is 0.391. The van der Waals surface area contributed by atoms with E-state index in [1.54, 1.807) is 39.0 Å². The first-order valence-corrected chi connectivity index (χ1v) is 29.4. The predicted octanol–water partition coefficient (Wildman–Crippen LogP) is 14.1. The van der Waals surface area contributed by atoms with Crippen molar-refractivity contribution in [3.63, 3.8) is 0 Å². The Balaban J connectivity index is 0.000000156. The fourth-order valence-corrected chi connectivity index (χ4v) is 11.1. The molecule has 2 saturated carbocycles. The van der Waals surface area contributed by atoms with Crippen LogP contribution in [0.3, 0.4) is 0 Å². The molecule has 23 heteroatoms. The second kappa shape index (κ2) is 24.7. The molecular weight excluding hydrogens is 1160 g/mol. The van der Waals surface area contributed by atoms with Gasteiger partial charge in [0.15, 0.2) is 16.9 Å². The van der Waals surface area contributed by atoms with Crippen LogP contribution in [-0.4, -0.2) is 77.9 Å². The van der Waals surface area contributed by atoms with E-state index in [2.05, 4.69) is 64.4 Å². The van der Waals surface area contributed by atoms with Crippen molar-refractivity contribution in [1.82, 2.24) is 43.6 Å². The second-order valence-electron chi connectivity index (χ2n) is 24.7. The van der Waals surface area contributed by atoms with E-state index in [1.165, 1.54) is 22.8 Å². The number of hydrogen-bond acceptors (Lipinski definition) is 12. The third kappa shape index (κ3) is 14.7. The highest BCUT2D eigenvalue weighted by molar-refractivity contribution is 6.30. The van der Waals surface area contributed by atoms with Gasteiger partial charge in [-0.3, -0.25) is 44.0 Å². The predicted molar refractivity (Wildman–Crippen MR) is 331 cm³/mol. The number of nitrogens with zero attached hydrogens (tertiary/aromatic N) is 9. The number of halogens is 5. The minimum Gasteiger partial charge on any atom is -0.406 e. The largest absolute Gasteiger partial charge is 0.573 e. The van der Waals surface area contributed by atoms with E-state index in [0.29, 0.717) is 78.2 Å². The van der Waals surface area contributed by atoms with Crippen LogP contribution in [0.25, 0.3) is 39.2 Å². The lowest BCUT2D eigenvalue weighted by atomic mass is 9.78. The number of rotatable bonds is 14. The average Bonchev–Trinajstić information content (AvgIpc) is 1.70. The summed E-state index contributed by atoms with van der Waals surface area (Å²) in [6, 6.07) is 31.1. The second-order valence-corrected chi connectivity index (χ2v) is 25.5. The average molecular weight is 1230 g/mol. The topological polar surface area (TPSA) is 229 Å². The van der Waals surface area contributed by atoms with Gasteiger partial charge in [0.05, 0.1) is 29.7 Å². The maximum atomic E-state index is 12.8. The van der Waals surface area contributed by atoms with Crippen molar-refractivity contribution in [2.24, 2.45) is 5.41 Å². The molecule has 0 unspecified atom stereocenters. The van der Waals surface area contributed by atoms with Crippen molar-refractivity contribution in [2.45, 2.75) is 156 Å². The van der Waals surface area contributed by atoms with Crippen LogP contribution in [0.1, 0.15) is 134 Å².